The molecule has 2 aliphatic rings. The first-order chi connectivity index (χ1) is 12.8. The lowest BCUT2D eigenvalue weighted by Gasteiger charge is -2.37. The van der Waals surface area contributed by atoms with Crippen molar-refractivity contribution in [2.24, 2.45) is 0 Å². The van der Waals surface area contributed by atoms with Crippen molar-refractivity contribution in [1.82, 2.24) is 25.0 Å². The molecule has 1 aromatic carbocycles. The van der Waals surface area contributed by atoms with Gasteiger partial charge in [0, 0.05) is 31.0 Å². The number of benzene rings is 1. The number of aromatic nitrogens is 4. The van der Waals surface area contributed by atoms with Crippen LogP contribution in [0.2, 0.25) is 0 Å². The van der Waals surface area contributed by atoms with Crippen molar-refractivity contribution < 1.29 is 18.8 Å². The van der Waals surface area contributed by atoms with Crippen LogP contribution in [-0.2, 0) is 0 Å². The first-order valence-corrected chi connectivity index (χ1v) is 8.07. The minimum Gasteiger partial charge on any atom is -0.454 e. The van der Waals surface area contributed by atoms with Crippen LogP contribution >= 0.6 is 0 Å². The molecule has 2 aliphatic heterocycles. The molecule has 4 heterocycles. The van der Waals surface area contributed by atoms with Crippen LogP contribution in [0.1, 0.15) is 22.2 Å². The van der Waals surface area contributed by atoms with Gasteiger partial charge in [-0.3, -0.25) is 9.78 Å². The van der Waals surface area contributed by atoms with Crippen LogP contribution in [0.25, 0.3) is 11.5 Å². The summed E-state index contributed by atoms with van der Waals surface area (Å²) in [5, 5.41) is 3.93. The number of rotatable bonds is 3. The quantitative estimate of drug-likeness (QED) is 0.699. The van der Waals surface area contributed by atoms with Gasteiger partial charge >= 0.3 is 0 Å². The molecule has 9 heteroatoms. The summed E-state index contributed by atoms with van der Waals surface area (Å²) in [4.78, 5) is 26.8. The number of fused-ring (bicyclic) bond motifs is 1. The molecule has 130 valence electrons. The second-order valence-corrected chi connectivity index (χ2v) is 6.02. The molecule has 0 spiro atoms. The molecule has 3 aromatic rings. The second-order valence-electron chi connectivity index (χ2n) is 6.02. The zero-order valence-electron chi connectivity index (χ0n) is 13.5. The average Bonchev–Trinajstić information content (AvgIpc) is 3.30. The van der Waals surface area contributed by atoms with Crippen molar-refractivity contribution in [3.63, 3.8) is 0 Å². The Bertz CT molecular complexity index is 968. The summed E-state index contributed by atoms with van der Waals surface area (Å²) in [6.07, 6.45) is 4.72. The normalized spacial score (nSPS) is 15.8. The van der Waals surface area contributed by atoms with E-state index in [9.17, 15) is 4.79 Å². The zero-order valence-corrected chi connectivity index (χ0v) is 13.5. The molecule has 0 aliphatic carbocycles. The Hall–Kier alpha value is -3.49. The van der Waals surface area contributed by atoms with Gasteiger partial charge in [0.05, 0.1) is 12.1 Å². The third-order valence-electron chi connectivity index (χ3n) is 4.37. The highest BCUT2D eigenvalue weighted by Gasteiger charge is 2.36. The topological polar surface area (TPSA) is 103 Å². The highest BCUT2D eigenvalue weighted by atomic mass is 16.7. The predicted octanol–water partition coefficient (Wildman–Crippen LogP) is 1.49. The summed E-state index contributed by atoms with van der Waals surface area (Å²) < 4.78 is 15.9. The van der Waals surface area contributed by atoms with E-state index in [1.807, 2.05) is 0 Å². The number of hydrogen-bond acceptors (Lipinski definition) is 8. The molecular formula is C17H13N5O4. The van der Waals surface area contributed by atoms with E-state index in [-0.39, 0.29) is 18.6 Å². The fraction of sp³-hybridized carbons (Fsp3) is 0.235. The van der Waals surface area contributed by atoms with Crippen LogP contribution in [0, 0.1) is 0 Å². The Morgan fingerprint density at radius 3 is 2.88 bits per heavy atom. The van der Waals surface area contributed by atoms with Crippen LogP contribution in [0.3, 0.4) is 0 Å². The molecule has 1 fully saturated rings. The number of carbonyl (C=O) groups excluding carboxylic acids is 1. The molecule has 5 rings (SSSR count). The molecule has 0 N–H and O–H groups in total. The van der Waals surface area contributed by atoms with Gasteiger partial charge < -0.3 is 18.9 Å². The molecule has 0 radical (unpaired) electrons. The minimum absolute atomic E-state index is 0.0193. The van der Waals surface area contributed by atoms with Crippen molar-refractivity contribution in [3.8, 4) is 23.0 Å². The Kier molecular flexibility index (Phi) is 3.30. The fourth-order valence-electron chi connectivity index (χ4n) is 2.93. The molecule has 26 heavy (non-hydrogen) atoms. The summed E-state index contributed by atoms with van der Waals surface area (Å²) in [7, 11) is 0. The van der Waals surface area contributed by atoms with E-state index in [4.69, 9.17) is 14.0 Å². The van der Waals surface area contributed by atoms with E-state index in [1.54, 1.807) is 41.7 Å². The molecule has 1 amide bonds. The summed E-state index contributed by atoms with van der Waals surface area (Å²) in [5.41, 5.74) is 1.12. The number of carbonyl (C=O) groups is 1. The summed E-state index contributed by atoms with van der Waals surface area (Å²) in [6.45, 7) is 1.23. The standard InChI is InChI=1S/C17H13N5O4/c23-17(10-1-2-13-14(5-10)25-9-24-13)22-7-11(8-22)16-20-15(21-26-16)12-6-18-3-4-19-12/h1-6,11H,7-9H2. The van der Waals surface area contributed by atoms with Crippen molar-refractivity contribution in [1.29, 1.82) is 0 Å². The third-order valence-corrected chi connectivity index (χ3v) is 4.37. The lowest BCUT2D eigenvalue weighted by Crippen LogP contribution is -2.48. The van der Waals surface area contributed by atoms with Gasteiger partial charge in [-0.2, -0.15) is 4.98 Å². The first kappa shape index (κ1) is 14.8. The number of ether oxygens (including phenoxy) is 2. The van der Waals surface area contributed by atoms with E-state index in [1.165, 1.54) is 0 Å². The Morgan fingerprint density at radius 1 is 1.15 bits per heavy atom. The highest BCUT2D eigenvalue weighted by molar-refractivity contribution is 5.95. The summed E-state index contributed by atoms with van der Waals surface area (Å²) >= 11 is 0. The van der Waals surface area contributed by atoms with Gasteiger partial charge in [-0.1, -0.05) is 5.16 Å². The predicted molar refractivity (Wildman–Crippen MR) is 86.5 cm³/mol. The van der Waals surface area contributed by atoms with Crippen LogP contribution in [0.4, 0.5) is 0 Å². The number of hydrogen-bond donors (Lipinski definition) is 0. The van der Waals surface area contributed by atoms with Gasteiger partial charge in [0.25, 0.3) is 5.91 Å². The highest BCUT2D eigenvalue weighted by Crippen LogP contribution is 2.34. The van der Waals surface area contributed by atoms with Crippen LogP contribution < -0.4 is 9.47 Å². The summed E-state index contributed by atoms with van der Waals surface area (Å²) in [6, 6.07) is 5.19. The molecule has 0 saturated carbocycles. The van der Waals surface area contributed by atoms with Gasteiger partial charge in [-0.05, 0) is 18.2 Å². The van der Waals surface area contributed by atoms with Crippen LogP contribution in [0.15, 0.2) is 41.3 Å². The Labute approximate surface area is 147 Å². The molecule has 0 atom stereocenters. The lowest BCUT2D eigenvalue weighted by atomic mass is 9.98. The maximum absolute atomic E-state index is 12.6. The molecule has 1 saturated heterocycles. The van der Waals surface area contributed by atoms with Crippen LogP contribution in [0.5, 0.6) is 11.5 Å². The maximum Gasteiger partial charge on any atom is 0.254 e. The monoisotopic (exact) mass is 351 g/mol. The third kappa shape index (κ3) is 2.44. The zero-order chi connectivity index (χ0) is 17.5. The number of likely N-dealkylation sites (tertiary alicyclic amines) is 1. The number of nitrogens with zero attached hydrogens (tertiary/aromatic N) is 5. The molecule has 0 unspecified atom stereocenters. The molecule has 9 nitrogen and oxygen atoms in total. The Morgan fingerprint density at radius 2 is 2.04 bits per heavy atom. The lowest BCUT2D eigenvalue weighted by molar-refractivity contribution is 0.0569. The fourth-order valence-corrected chi connectivity index (χ4v) is 2.93. The van der Waals surface area contributed by atoms with Gasteiger partial charge in [0.1, 0.15) is 5.69 Å². The summed E-state index contributed by atoms with van der Waals surface area (Å²) in [5.74, 6) is 2.11. The van der Waals surface area contributed by atoms with E-state index in [0.29, 0.717) is 47.6 Å². The van der Waals surface area contributed by atoms with E-state index < -0.39 is 0 Å². The SMILES string of the molecule is O=C(c1ccc2c(c1)OCO2)N1CC(c2nc(-c3cnccn3)no2)C1. The first-order valence-electron chi connectivity index (χ1n) is 8.07. The second kappa shape index (κ2) is 5.80. The van der Waals surface area contributed by atoms with Crippen molar-refractivity contribution in [2.75, 3.05) is 19.9 Å². The van der Waals surface area contributed by atoms with E-state index >= 15 is 0 Å². The van der Waals surface area contributed by atoms with Crippen molar-refractivity contribution in [3.05, 3.63) is 48.2 Å². The van der Waals surface area contributed by atoms with Gasteiger partial charge in [-0.15, -0.1) is 0 Å². The van der Waals surface area contributed by atoms with Crippen LogP contribution in [-0.4, -0.2) is 50.8 Å². The average molecular weight is 351 g/mol. The Balaban J connectivity index is 1.26. The largest absolute Gasteiger partial charge is 0.454 e. The molecule has 2 aromatic heterocycles. The maximum atomic E-state index is 12.6. The van der Waals surface area contributed by atoms with Gasteiger partial charge in [0.2, 0.25) is 18.5 Å². The van der Waals surface area contributed by atoms with Crippen molar-refractivity contribution >= 4 is 5.91 Å². The van der Waals surface area contributed by atoms with E-state index in [0.717, 1.165) is 0 Å². The molecular weight excluding hydrogens is 338 g/mol. The number of amides is 1. The minimum atomic E-state index is -0.0618. The smallest absolute Gasteiger partial charge is 0.254 e. The van der Waals surface area contributed by atoms with Gasteiger partial charge in [-0.25, -0.2) is 4.98 Å². The van der Waals surface area contributed by atoms with Crippen molar-refractivity contribution in [2.45, 2.75) is 5.92 Å². The van der Waals surface area contributed by atoms with Gasteiger partial charge in [0.15, 0.2) is 11.5 Å². The molecule has 0 bridgehead atoms. The van der Waals surface area contributed by atoms with E-state index in [2.05, 4.69) is 20.1 Å².